The van der Waals surface area contributed by atoms with Crippen molar-refractivity contribution in [3.05, 3.63) is 46.0 Å². The van der Waals surface area contributed by atoms with Gasteiger partial charge in [0.2, 0.25) is 0 Å². The lowest BCUT2D eigenvalue weighted by Crippen LogP contribution is -1.89. The highest BCUT2D eigenvalue weighted by Gasteiger charge is 2.06. The minimum atomic E-state index is 1.03. The molecule has 0 radical (unpaired) electrons. The lowest BCUT2D eigenvalue weighted by Gasteiger charge is -1.97. The summed E-state index contributed by atoms with van der Waals surface area (Å²) in [7, 11) is 1.03. The van der Waals surface area contributed by atoms with Gasteiger partial charge in [0.1, 0.15) is 10.4 Å². The summed E-state index contributed by atoms with van der Waals surface area (Å²) in [5, 5.41) is 2.76. The highest BCUT2D eigenvalue weighted by molar-refractivity contribution is 14.1. The van der Waals surface area contributed by atoms with E-state index in [-0.39, 0.29) is 0 Å². The van der Waals surface area contributed by atoms with E-state index in [1.807, 2.05) is 0 Å². The van der Waals surface area contributed by atoms with Gasteiger partial charge in [0.15, 0.2) is 0 Å². The highest BCUT2D eigenvalue weighted by Crippen LogP contribution is 2.28. The molecule has 3 rings (SSSR count). The van der Waals surface area contributed by atoms with E-state index in [2.05, 4.69) is 69.3 Å². The molecule has 0 saturated heterocycles. The number of hydrogen-bond donors (Lipinski definition) is 0. The highest BCUT2D eigenvalue weighted by atomic mass is 127. The fourth-order valence-corrected chi connectivity index (χ4v) is 3.41. The zero-order valence-corrected chi connectivity index (χ0v) is 12.5. The number of halogens is 1. The summed E-state index contributed by atoms with van der Waals surface area (Å²) in [5.41, 5.74) is 2.73. The van der Waals surface area contributed by atoms with E-state index in [0.29, 0.717) is 0 Å². The third kappa shape index (κ3) is 1.33. The molecule has 3 aromatic rings. The summed E-state index contributed by atoms with van der Waals surface area (Å²) < 4.78 is 3.69. The molecule has 0 unspecified atom stereocenters. The smallest absolute Gasteiger partial charge is 0.114 e. The van der Waals surface area contributed by atoms with Gasteiger partial charge < -0.3 is 4.23 Å². The van der Waals surface area contributed by atoms with Crippen LogP contribution in [0.25, 0.3) is 21.8 Å². The molecule has 1 aromatic heterocycles. The van der Waals surface area contributed by atoms with Crippen LogP contribution >= 0.6 is 22.6 Å². The Balaban J connectivity index is 2.64. The zero-order valence-electron chi connectivity index (χ0n) is 8.37. The Bertz CT molecular complexity index is 657. The lowest BCUT2D eigenvalue weighted by atomic mass is 10.2. The molecule has 2 aromatic carbocycles. The second-order valence-corrected chi connectivity index (χ2v) is 5.88. The van der Waals surface area contributed by atoms with Crippen LogP contribution in [0, 0.1) is 3.57 Å². The number of para-hydroxylation sites is 1. The molecule has 0 amide bonds. The van der Waals surface area contributed by atoms with E-state index in [0.717, 1.165) is 10.4 Å². The number of nitrogens with zero attached hydrogens (tertiary/aromatic N) is 1. The SMILES string of the molecule is [SiH3]n1c2ccccc2c2cc(I)ccc21. The van der Waals surface area contributed by atoms with Crippen LogP contribution in [0.5, 0.6) is 0 Å². The van der Waals surface area contributed by atoms with Crippen molar-refractivity contribution in [1.82, 2.24) is 4.23 Å². The zero-order chi connectivity index (χ0) is 10.4. The Morgan fingerprint density at radius 2 is 1.67 bits per heavy atom. The van der Waals surface area contributed by atoms with Crippen molar-refractivity contribution in [3.8, 4) is 0 Å². The van der Waals surface area contributed by atoms with Gasteiger partial charge in [0.05, 0.1) is 0 Å². The summed E-state index contributed by atoms with van der Waals surface area (Å²) in [6.07, 6.45) is 0. The Morgan fingerprint density at radius 3 is 2.53 bits per heavy atom. The lowest BCUT2D eigenvalue weighted by molar-refractivity contribution is 1.39. The summed E-state index contributed by atoms with van der Waals surface area (Å²) in [6.45, 7) is 0. The molecular weight excluding hydrogens is 313 g/mol. The summed E-state index contributed by atoms with van der Waals surface area (Å²) >= 11 is 2.37. The molecule has 74 valence electrons. The van der Waals surface area contributed by atoms with Crippen molar-refractivity contribution >= 4 is 54.8 Å². The largest absolute Gasteiger partial charge is 0.377 e. The maximum absolute atomic E-state index is 2.39. The summed E-state index contributed by atoms with van der Waals surface area (Å²) in [5.74, 6) is 0. The van der Waals surface area contributed by atoms with Gasteiger partial charge in [0, 0.05) is 25.4 Å². The molecule has 0 spiro atoms. The van der Waals surface area contributed by atoms with Crippen LogP contribution in [0.1, 0.15) is 0 Å². The predicted octanol–water partition coefficient (Wildman–Crippen LogP) is 2.53. The quantitative estimate of drug-likeness (QED) is 0.443. The van der Waals surface area contributed by atoms with E-state index >= 15 is 0 Å². The minimum absolute atomic E-state index is 1.03. The second kappa shape index (κ2) is 3.35. The van der Waals surface area contributed by atoms with Crippen molar-refractivity contribution in [1.29, 1.82) is 0 Å². The molecule has 0 bridgehead atoms. The molecule has 0 fully saturated rings. The number of benzene rings is 2. The van der Waals surface area contributed by atoms with Gasteiger partial charge in [-0.2, -0.15) is 0 Å². The molecule has 0 aliphatic rings. The third-order valence-corrected chi connectivity index (χ3v) is 4.51. The van der Waals surface area contributed by atoms with Crippen LogP contribution in [0.3, 0.4) is 0 Å². The topological polar surface area (TPSA) is 4.93 Å². The molecule has 0 N–H and O–H groups in total. The van der Waals surface area contributed by atoms with Gasteiger partial charge in [-0.15, -0.1) is 0 Å². The average molecular weight is 323 g/mol. The van der Waals surface area contributed by atoms with Crippen molar-refractivity contribution in [2.45, 2.75) is 0 Å². The van der Waals surface area contributed by atoms with E-state index in [1.54, 1.807) is 0 Å². The van der Waals surface area contributed by atoms with E-state index in [4.69, 9.17) is 0 Å². The van der Waals surface area contributed by atoms with Crippen molar-refractivity contribution in [2.24, 2.45) is 0 Å². The van der Waals surface area contributed by atoms with Gasteiger partial charge in [0.25, 0.3) is 0 Å². The van der Waals surface area contributed by atoms with Gasteiger partial charge >= 0.3 is 0 Å². The Kier molecular flexibility index (Phi) is 2.10. The van der Waals surface area contributed by atoms with Gasteiger partial charge in [-0.25, -0.2) is 0 Å². The fraction of sp³-hybridized carbons (Fsp3) is 0. The standard InChI is InChI=1S/C12H10INSi/c13-8-5-6-12-10(7-8)9-3-1-2-4-11(9)14(12)15/h1-7H,15H3. The molecule has 3 heteroatoms. The van der Waals surface area contributed by atoms with E-state index in [9.17, 15) is 0 Å². The Hall–Kier alpha value is -0.813. The number of hydrogen-bond acceptors (Lipinski definition) is 0. The van der Waals surface area contributed by atoms with Crippen molar-refractivity contribution in [3.63, 3.8) is 0 Å². The Labute approximate surface area is 105 Å². The number of aromatic nitrogens is 1. The molecule has 1 heterocycles. The van der Waals surface area contributed by atoms with Crippen LogP contribution < -0.4 is 0 Å². The summed E-state index contributed by atoms with van der Waals surface area (Å²) in [6, 6.07) is 15.3. The normalized spacial score (nSPS) is 11.5. The fourth-order valence-electron chi connectivity index (χ4n) is 2.14. The van der Waals surface area contributed by atoms with Crippen LogP contribution in [0.15, 0.2) is 42.5 Å². The first kappa shape index (κ1) is 9.42. The molecule has 1 nitrogen and oxygen atoms in total. The molecular formula is C12H10INSi. The molecule has 0 aliphatic carbocycles. The van der Waals surface area contributed by atoms with Crippen LogP contribution in [-0.2, 0) is 0 Å². The van der Waals surface area contributed by atoms with E-state index in [1.165, 1.54) is 25.4 Å². The van der Waals surface area contributed by atoms with Gasteiger partial charge in [-0.1, -0.05) is 18.2 Å². The van der Waals surface area contributed by atoms with Gasteiger partial charge in [-0.3, -0.25) is 0 Å². The third-order valence-electron chi connectivity index (χ3n) is 2.88. The molecule has 0 aliphatic heterocycles. The number of fused-ring (bicyclic) bond motifs is 3. The van der Waals surface area contributed by atoms with Crippen molar-refractivity contribution in [2.75, 3.05) is 0 Å². The first-order valence-electron chi connectivity index (χ1n) is 4.90. The first-order chi connectivity index (χ1) is 7.27. The first-order valence-corrected chi connectivity index (χ1v) is 6.87. The van der Waals surface area contributed by atoms with Crippen LogP contribution in [0.4, 0.5) is 0 Å². The molecule has 0 saturated carbocycles. The monoisotopic (exact) mass is 323 g/mol. The van der Waals surface area contributed by atoms with E-state index < -0.39 is 0 Å². The molecule has 15 heavy (non-hydrogen) atoms. The molecule has 0 atom stereocenters. The maximum atomic E-state index is 2.39. The van der Waals surface area contributed by atoms with Crippen LogP contribution in [0.2, 0.25) is 0 Å². The minimum Gasteiger partial charge on any atom is -0.377 e. The Morgan fingerprint density at radius 1 is 0.933 bits per heavy atom. The number of rotatable bonds is 0. The second-order valence-electron chi connectivity index (χ2n) is 3.74. The maximum Gasteiger partial charge on any atom is 0.114 e. The van der Waals surface area contributed by atoms with Crippen molar-refractivity contribution < 1.29 is 0 Å². The van der Waals surface area contributed by atoms with Crippen LogP contribution in [-0.4, -0.2) is 14.6 Å². The average Bonchev–Trinajstić information content (AvgIpc) is 2.54. The predicted molar refractivity (Wildman–Crippen MR) is 77.5 cm³/mol. The summed E-state index contributed by atoms with van der Waals surface area (Å²) in [4.78, 5) is 0. The van der Waals surface area contributed by atoms with Gasteiger partial charge in [-0.05, 0) is 46.9 Å².